The van der Waals surface area contributed by atoms with Crippen LogP contribution in [0, 0.1) is 0 Å². The van der Waals surface area contributed by atoms with Gasteiger partial charge in [0.2, 0.25) is 0 Å². The second-order valence-corrected chi connectivity index (χ2v) is 8.77. The molecule has 0 aromatic heterocycles. The van der Waals surface area contributed by atoms with E-state index in [1.807, 2.05) is 36.4 Å². The van der Waals surface area contributed by atoms with Gasteiger partial charge in [-0.05, 0) is 92.1 Å². The van der Waals surface area contributed by atoms with Crippen molar-refractivity contribution < 1.29 is 18.9 Å². The summed E-state index contributed by atoms with van der Waals surface area (Å²) in [6.45, 7) is 6.63. The van der Waals surface area contributed by atoms with Crippen molar-refractivity contribution in [1.82, 2.24) is 4.90 Å². The first-order valence-electron chi connectivity index (χ1n) is 11.7. The molecule has 5 heteroatoms. The molecular formula is C28H35NO4. The van der Waals surface area contributed by atoms with Gasteiger partial charge in [-0.15, -0.1) is 0 Å². The third-order valence-electron chi connectivity index (χ3n) is 6.83. The maximum atomic E-state index is 6.15. The van der Waals surface area contributed by atoms with Gasteiger partial charge < -0.3 is 23.8 Å². The Bertz CT molecular complexity index is 972. The first-order valence-corrected chi connectivity index (χ1v) is 11.7. The van der Waals surface area contributed by atoms with Crippen molar-refractivity contribution >= 4 is 0 Å². The Balaban J connectivity index is 1.44. The van der Waals surface area contributed by atoms with Gasteiger partial charge in [-0.1, -0.05) is 12.1 Å². The summed E-state index contributed by atoms with van der Waals surface area (Å²) in [5.41, 5.74) is 5.13. The molecule has 0 spiro atoms. The Hall–Kier alpha value is -2.76. The zero-order valence-electron chi connectivity index (χ0n) is 20.2. The van der Waals surface area contributed by atoms with E-state index in [1.54, 1.807) is 14.2 Å². The molecule has 0 radical (unpaired) electrons. The van der Waals surface area contributed by atoms with Crippen LogP contribution in [0.2, 0.25) is 0 Å². The molecule has 1 fully saturated rings. The first-order chi connectivity index (χ1) is 16.0. The molecule has 33 heavy (non-hydrogen) atoms. The van der Waals surface area contributed by atoms with Crippen LogP contribution in [0.25, 0.3) is 0 Å². The van der Waals surface area contributed by atoms with Gasteiger partial charge in [-0.3, -0.25) is 0 Å². The van der Waals surface area contributed by atoms with Crippen LogP contribution in [0.15, 0.2) is 72.0 Å². The summed E-state index contributed by atoms with van der Waals surface area (Å²) < 4.78 is 22.9. The molecule has 4 rings (SSSR count). The smallest absolute Gasteiger partial charge is 0.195 e. The van der Waals surface area contributed by atoms with Crippen LogP contribution < -0.4 is 9.47 Å². The fourth-order valence-electron chi connectivity index (χ4n) is 4.69. The molecule has 0 saturated carbocycles. The van der Waals surface area contributed by atoms with Crippen LogP contribution in [0.5, 0.6) is 11.5 Å². The number of methoxy groups -OCH3 is 2. The number of hydrogen-bond acceptors (Lipinski definition) is 5. The minimum atomic E-state index is -0.669. The maximum Gasteiger partial charge on any atom is 0.195 e. The number of hydrogen-bond donors (Lipinski definition) is 0. The second kappa shape index (κ2) is 10.4. The van der Waals surface area contributed by atoms with E-state index in [0.717, 1.165) is 42.9 Å². The van der Waals surface area contributed by atoms with Gasteiger partial charge in [0, 0.05) is 18.5 Å². The Kier molecular flexibility index (Phi) is 7.41. The molecule has 2 aliphatic heterocycles. The van der Waals surface area contributed by atoms with Gasteiger partial charge in [-0.25, -0.2) is 0 Å². The zero-order valence-corrected chi connectivity index (χ0v) is 20.2. The Morgan fingerprint density at radius 3 is 2.12 bits per heavy atom. The highest BCUT2D eigenvalue weighted by Crippen LogP contribution is 2.37. The van der Waals surface area contributed by atoms with Gasteiger partial charge in [0.05, 0.1) is 33.5 Å². The third-order valence-corrected chi connectivity index (χ3v) is 6.83. The molecule has 2 aliphatic rings. The molecule has 2 heterocycles. The lowest BCUT2D eigenvalue weighted by Crippen LogP contribution is -2.37. The van der Waals surface area contributed by atoms with Crippen molar-refractivity contribution in [3.05, 3.63) is 83.1 Å². The molecule has 0 amide bonds. The summed E-state index contributed by atoms with van der Waals surface area (Å²) in [7, 11) is 3.38. The van der Waals surface area contributed by atoms with Crippen LogP contribution in [-0.2, 0) is 21.7 Å². The number of allylic oxidation sites excluding steroid dienone is 2. The number of nitrogens with zero attached hydrogens (tertiary/aromatic N) is 1. The average molecular weight is 450 g/mol. The van der Waals surface area contributed by atoms with E-state index in [0.29, 0.717) is 19.3 Å². The maximum absolute atomic E-state index is 6.15. The van der Waals surface area contributed by atoms with E-state index < -0.39 is 5.79 Å². The van der Waals surface area contributed by atoms with Gasteiger partial charge in [-0.2, -0.15) is 0 Å². The van der Waals surface area contributed by atoms with Crippen LogP contribution in [0.1, 0.15) is 37.8 Å². The van der Waals surface area contributed by atoms with Crippen molar-refractivity contribution in [2.45, 2.75) is 44.9 Å². The molecule has 176 valence electrons. The molecule has 1 atom stereocenters. The van der Waals surface area contributed by atoms with Gasteiger partial charge in [0.15, 0.2) is 5.79 Å². The molecular weight excluding hydrogens is 414 g/mol. The van der Waals surface area contributed by atoms with E-state index in [1.165, 1.54) is 16.7 Å². The van der Waals surface area contributed by atoms with E-state index >= 15 is 0 Å². The minimum Gasteiger partial charge on any atom is -0.497 e. The van der Waals surface area contributed by atoms with Crippen molar-refractivity contribution in [3.63, 3.8) is 0 Å². The van der Waals surface area contributed by atoms with E-state index in [4.69, 9.17) is 18.9 Å². The summed E-state index contributed by atoms with van der Waals surface area (Å²) in [6.07, 6.45) is 7.20. The van der Waals surface area contributed by atoms with Crippen molar-refractivity contribution in [2.75, 3.05) is 34.0 Å². The number of benzene rings is 2. The minimum absolute atomic E-state index is 0.339. The molecule has 1 unspecified atom stereocenters. The number of ether oxygens (including phenoxy) is 4. The van der Waals surface area contributed by atoms with E-state index in [2.05, 4.69) is 43.2 Å². The largest absolute Gasteiger partial charge is 0.497 e. The Morgan fingerprint density at radius 2 is 1.52 bits per heavy atom. The summed E-state index contributed by atoms with van der Waals surface area (Å²) in [6, 6.07) is 16.8. The topological polar surface area (TPSA) is 40.2 Å². The summed E-state index contributed by atoms with van der Waals surface area (Å²) in [5, 5.41) is 0. The standard InChI is InChI=1S/C28H35NO4/c1-21-14-17-29(27(22(21)2)20-23-6-10-25(30-3)11-7-23)16-5-15-28(32-18-19-33-28)24-8-12-26(31-4)13-9-24/h6-14,17,27H,5,15-16,18-20H2,1-4H3. The Labute approximate surface area is 197 Å². The zero-order chi connectivity index (χ0) is 23.3. The molecule has 0 N–H and O–H groups in total. The molecule has 1 saturated heterocycles. The molecule has 2 aromatic carbocycles. The Morgan fingerprint density at radius 1 is 0.909 bits per heavy atom. The summed E-state index contributed by atoms with van der Waals surface area (Å²) >= 11 is 0. The van der Waals surface area contributed by atoms with Crippen LogP contribution in [0.4, 0.5) is 0 Å². The lowest BCUT2D eigenvalue weighted by Gasteiger charge is -2.36. The summed E-state index contributed by atoms with van der Waals surface area (Å²) in [5.74, 6) is 1.06. The second-order valence-electron chi connectivity index (χ2n) is 8.77. The molecule has 0 aliphatic carbocycles. The van der Waals surface area contributed by atoms with E-state index in [-0.39, 0.29) is 0 Å². The predicted octanol–water partition coefficient (Wildman–Crippen LogP) is 5.46. The normalized spacial score (nSPS) is 19.8. The number of rotatable bonds is 9. The molecule has 2 aromatic rings. The first kappa shape index (κ1) is 23.4. The summed E-state index contributed by atoms with van der Waals surface area (Å²) in [4.78, 5) is 2.46. The highest BCUT2D eigenvalue weighted by molar-refractivity contribution is 5.34. The van der Waals surface area contributed by atoms with Crippen molar-refractivity contribution in [1.29, 1.82) is 0 Å². The molecule has 0 bridgehead atoms. The monoisotopic (exact) mass is 449 g/mol. The predicted molar refractivity (Wildman–Crippen MR) is 131 cm³/mol. The van der Waals surface area contributed by atoms with Crippen molar-refractivity contribution in [3.8, 4) is 11.5 Å². The van der Waals surface area contributed by atoms with Crippen molar-refractivity contribution in [2.24, 2.45) is 0 Å². The third kappa shape index (κ3) is 5.26. The van der Waals surface area contributed by atoms with E-state index in [9.17, 15) is 0 Å². The fraction of sp³-hybridized carbons (Fsp3) is 0.429. The quantitative estimate of drug-likeness (QED) is 0.508. The highest BCUT2D eigenvalue weighted by atomic mass is 16.7. The average Bonchev–Trinajstić information content (AvgIpc) is 3.34. The van der Waals surface area contributed by atoms with Gasteiger partial charge in [0.1, 0.15) is 11.5 Å². The lowest BCUT2D eigenvalue weighted by molar-refractivity contribution is -0.172. The van der Waals surface area contributed by atoms with Crippen LogP contribution in [-0.4, -0.2) is 44.9 Å². The fourth-order valence-corrected chi connectivity index (χ4v) is 4.69. The van der Waals surface area contributed by atoms with Gasteiger partial charge >= 0.3 is 0 Å². The SMILES string of the molecule is COc1ccc(CC2C(C)=C(C)C=CN2CCCC2(c3ccc(OC)cc3)OCCO2)cc1. The molecule has 5 nitrogen and oxygen atoms in total. The van der Waals surface area contributed by atoms with Gasteiger partial charge in [0.25, 0.3) is 0 Å². The highest BCUT2D eigenvalue weighted by Gasteiger charge is 2.38. The van der Waals surface area contributed by atoms with Crippen LogP contribution in [0.3, 0.4) is 0 Å². The van der Waals surface area contributed by atoms with Crippen LogP contribution >= 0.6 is 0 Å². The lowest BCUT2D eigenvalue weighted by atomic mass is 9.92.